The maximum Gasteiger partial charge on any atom is 0.308 e. The third kappa shape index (κ3) is 3.83. The summed E-state index contributed by atoms with van der Waals surface area (Å²) in [5.74, 6) is -0.374. The molecule has 7 heteroatoms. The average molecular weight is 430 g/mol. The highest BCUT2D eigenvalue weighted by Gasteiger charge is 2.29. The molecule has 5 nitrogen and oxygen atoms in total. The van der Waals surface area contributed by atoms with Gasteiger partial charge in [0.15, 0.2) is 0 Å². The number of anilines is 1. The number of carboxylic acids is 1. The van der Waals surface area contributed by atoms with Crippen LogP contribution in [0.4, 0.5) is 5.82 Å². The Kier molecular flexibility index (Phi) is 5.74. The van der Waals surface area contributed by atoms with E-state index in [1.807, 2.05) is 0 Å². The number of hydrogen-bond donors (Lipinski definition) is 1. The van der Waals surface area contributed by atoms with Crippen molar-refractivity contribution in [2.45, 2.75) is 39.5 Å². The Morgan fingerprint density at radius 3 is 2.66 bits per heavy atom. The molecule has 3 heterocycles. The molecule has 1 aromatic carbocycles. The van der Waals surface area contributed by atoms with E-state index in [2.05, 4.69) is 53.0 Å². The van der Waals surface area contributed by atoms with Gasteiger partial charge in [0.25, 0.3) is 0 Å². The average Bonchev–Trinajstić information content (AvgIpc) is 3.11. The molecule has 152 valence electrons. The van der Waals surface area contributed by atoms with Gasteiger partial charge in [0.05, 0.1) is 11.3 Å². The minimum absolute atomic E-state index is 0.210. The Morgan fingerprint density at radius 2 is 2.00 bits per heavy atom. The summed E-state index contributed by atoms with van der Waals surface area (Å²) >= 11 is 7.92. The SMILES string of the molecule is CCc1ccc(-c2c(CC)sc3nc(Cl)nc(N4CCCC(C(=O)O)C4)c23)cc1. The van der Waals surface area contributed by atoms with Crippen LogP contribution in [0.5, 0.6) is 0 Å². The van der Waals surface area contributed by atoms with Gasteiger partial charge in [-0.3, -0.25) is 4.79 Å². The first-order valence-electron chi connectivity index (χ1n) is 10.1. The van der Waals surface area contributed by atoms with Crippen LogP contribution >= 0.6 is 22.9 Å². The molecule has 29 heavy (non-hydrogen) atoms. The number of carbonyl (C=O) groups is 1. The number of halogens is 1. The van der Waals surface area contributed by atoms with Crippen LogP contribution in [0.1, 0.15) is 37.1 Å². The molecule has 3 aromatic rings. The van der Waals surface area contributed by atoms with E-state index in [1.54, 1.807) is 11.3 Å². The molecule has 1 atom stereocenters. The summed E-state index contributed by atoms with van der Waals surface area (Å²) in [7, 11) is 0. The zero-order chi connectivity index (χ0) is 20.5. The molecular weight excluding hydrogens is 406 g/mol. The molecule has 0 radical (unpaired) electrons. The van der Waals surface area contributed by atoms with Crippen LogP contribution in [0.3, 0.4) is 0 Å². The number of hydrogen-bond acceptors (Lipinski definition) is 5. The van der Waals surface area contributed by atoms with E-state index < -0.39 is 5.97 Å². The summed E-state index contributed by atoms with van der Waals surface area (Å²) in [6.07, 6.45) is 3.41. The predicted octanol–water partition coefficient (Wildman–Crippen LogP) is 5.44. The van der Waals surface area contributed by atoms with Gasteiger partial charge in [0.1, 0.15) is 10.6 Å². The molecule has 0 amide bonds. The molecule has 0 bridgehead atoms. The van der Waals surface area contributed by atoms with Crippen LogP contribution in [0.25, 0.3) is 21.3 Å². The third-order valence-electron chi connectivity index (χ3n) is 5.62. The van der Waals surface area contributed by atoms with Crippen LogP contribution in [-0.2, 0) is 17.6 Å². The van der Waals surface area contributed by atoms with Crippen molar-refractivity contribution in [3.8, 4) is 11.1 Å². The summed E-state index contributed by atoms with van der Waals surface area (Å²) in [5.41, 5.74) is 3.59. The second kappa shape index (κ2) is 8.28. The maximum atomic E-state index is 11.6. The van der Waals surface area contributed by atoms with Crippen molar-refractivity contribution in [2.75, 3.05) is 18.0 Å². The lowest BCUT2D eigenvalue weighted by atomic mass is 9.97. The van der Waals surface area contributed by atoms with Crippen LogP contribution in [-0.4, -0.2) is 34.1 Å². The summed E-state index contributed by atoms with van der Waals surface area (Å²) in [4.78, 5) is 24.8. The van der Waals surface area contributed by atoms with Gasteiger partial charge in [-0.25, -0.2) is 4.98 Å². The van der Waals surface area contributed by atoms with Gasteiger partial charge < -0.3 is 10.0 Å². The fourth-order valence-corrected chi connectivity index (χ4v) is 5.41. The number of nitrogens with zero attached hydrogens (tertiary/aromatic N) is 3. The van der Waals surface area contributed by atoms with Crippen molar-refractivity contribution in [1.82, 2.24) is 9.97 Å². The molecule has 1 N–H and O–H groups in total. The maximum absolute atomic E-state index is 11.6. The molecular formula is C22H24ClN3O2S. The second-order valence-electron chi connectivity index (χ2n) is 7.42. The Hall–Kier alpha value is -2.18. The van der Waals surface area contributed by atoms with E-state index in [0.717, 1.165) is 53.0 Å². The number of carboxylic acid groups (broad SMARTS) is 1. The quantitative estimate of drug-likeness (QED) is 0.547. The zero-order valence-corrected chi connectivity index (χ0v) is 18.2. The van der Waals surface area contributed by atoms with Crippen molar-refractivity contribution in [3.63, 3.8) is 0 Å². The number of fused-ring (bicyclic) bond motifs is 1. The van der Waals surface area contributed by atoms with E-state index >= 15 is 0 Å². The summed E-state index contributed by atoms with van der Waals surface area (Å²) in [6, 6.07) is 8.65. The normalized spacial score (nSPS) is 17.1. The van der Waals surface area contributed by atoms with E-state index in [0.29, 0.717) is 13.0 Å². The lowest BCUT2D eigenvalue weighted by molar-refractivity contribution is -0.141. The monoisotopic (exact) mass is 429 g/mol. The topological polar surface area (TPSA) is 66.3 Å². The van der Waals surface area contributed by atoms with Crippen LogP contribution in [0.15, 0.2) is 24.3 Å². The number of aromatic nitrogens is 2. The summed E-state index contributed by atoms with van der Waals surface area (Å²) in [5, 5.41) is 10.7. The number of benzene rings is 1. The molecule has 0 aliphatic carbocycles. The van der Waals surface area contributed by atoms with E-state index in [1.165, 1.54) is 10.4 Å². The molecule has 1 fully saturated rings. The molecule has 1 unspecified atom stereocenters. The number of thiophene rings is 1. The molecule has 1 aliphatic heterocycles. The van der Waals surface area contributed by atoms with Crippen LogP contribution < -0.4 is 4.90 Å². The number of aryl methyl sites for hydroxylation is 2. The molecule has 2 aromatic heterocycles. The standard InChI is InChI=1S/C22H24ClN3O2S/c1-3-13-7-9-14(10-8-13)17-16(4-2)29-20-18(17)19(24-22(23)25-20)26-11-5-6-15(12-26)21(27)28/h7-10,15H,3-6,11-12H2,1-2H3,(H,27,28). The smallest absolute Gasteiger partial charge is 0.308 e. The summed E-state index contributed by atoms with van der Waals surface area (Å²) in [6.45, 7) is 5.52. The highest BCUT2D eigenvalue weighted by molar-refractivity contribution is 7.19. The minimum atomic E-state index is -0.749. The predicted molar refractivity (Wildman–Crippen MR) is 119 cm³/mol. The van der Waals surface area contributed by atoms with Gasteiger partial charge in [-0.1, -0.05) is 38.1 Å². The van der Waals surface area contributed by atoms with Gasteiger partial charge in [-0.05, 0) is 48.4 Å². The van der Waals surface area contributed by atoms with Gasteiger partial charge in [0, 0.05) is 23.5 Å². The van der Waals surface area contributed by atoms with Crippen molar-refractivity contribution in [2.24, 2.45) is 5.92 Å². The molecule has 4 rings (SSSR count). The van der Waals surface area contributed by atoms with Crippen molar-refractivity contribution < 1.29 is 9.90 Å². The lowest BCUT2D eigenvalue weighted by Crippen LogP contribution is -2.39. The van der Waals surface area contributed by atoms with Crippen LogP contribution in [0, 0.1) is 5.92 Å². The first kappa shape index (κ1) is 20.1. The van der Waals surface area contributed by atoms with E-state index in [4.69, 9.17) is 11.6 Å². The van der Waals surface area contributed by atoms with Gasteiger partial charge in [0.2, 0.25) is 5.28 Å². The number of piperidine rings is 1. The highest BCUT2D eigenvalue weighted by Crippen LogP contribution is 2.43. The fraction of sp³-hybridized carbons (Fsp3) is 0.409. The van der Waals surface area contributed by atoms with E-state index in [9.17, 15) is 9.90 Å². The largest absolute Gasteiger partial charge is 0.481 e. The Labute approximate surface area is 179 Å². The van der Waals surface area contributed by atoms with Crippen LogP contribution in [0.2, 0.25) is 5.28 Å². The molecule has 1 saturated heterocycles. The van der Waals surface area contributed by atoms with Crippen molar-refractivity contribution in [3.05, 3.63) is 40.0 Å². The first-order valence-corrected chi connectivity index (χ1v) is 11.3. The minimum Gasteiger partial charge on any atom is -0.481 e. The van der Waals surface area contributed by atoms with Crippen molar-refractivity contribution in [1.29, 1.82) is 0 Å². The molecule has 1 aliphatic rings. The van der Waals surface area contributed by atoms with Gasteiger partial charge in [-0.2, -0.15) is 4.98 Å². The summed E-state index contributed by atoms with van der Waals surface area (Å²) < 4.78 is 0. The van der Waals surface area contributed by atoms with Gasteiger partial charge in [-0.15, -0.1) is 11.3 Å². The molecule has 0 spiro atoms. The zero-order valence-electron chi connectivity index (χ0n) is 16.6. The first-order chi connectivity index (χ1) is 14.0. The molecule has 0 saturated carbocycles. The fourth-order valence-electron chi connectivity index (χ4n) is 4.06. The Morgan fingerprint density at radius 1 is 1.24 bits per heavy atom. The second-order valence-corrected chi connectivity index (χ2v) is 8.85. The lowest BCUT2D eigenvalue weighted by Gasteiger charge is -2.32. The Balaban J connectivity index is 1.90. The highest BCUT2D eigenvalue weighted by atomic mass is 35.5. The Bertz CT molecular complexity index is 1050. The third-order valence-corrected chi connectivity index (χ3v) is 7.02. The van der Waals surface area contributed by atoms with Gasteiger partial charge >= 0.3 is 5.97 Å². The number of rotatable bonds is 5. The van der Waals surface area contributed by atoms with E-state index in [-0.39, 0.29) is 11.2 Å². The van der Waals surface area contributed by atoms with Crippen molar-refractivity contribution >= 4 is 44.9 Å². The number of aliphatic carboxylic acids is 1.